The molecule has 0 saturated heterocycles. The van der Waals surface area contributed by atoms with E-state index in [2.05, 4.69) is 9.97 Å². The number of nitrogens with zero attached hydrogens (tertiary/aromatic N) is 1. The van der Waals surface area contributed by atoms with Crippen LogP contribution >= 0.6 is 12.4 Å². The molecule has 0 amide bonds. The zero-order valence-electron chi connectivity index (χ0n) is 8.86. The van der Waals surface area contributed by atoms with Crippen LogP contribution in [0.15, 0.2) is 18.2 Å². The van der Waals surface area contributed by atoms with E-state index in [-0.39, 0.29) is 18.8 Å². The van der Waals surface area contributed by atoms with Gasteiger partial charge in [0.1, 0.15) is 5.82 Å². The Kier molecular flexibility index (Phi) is 3.90. The molecule has 0 aliphatic rings. The molecule has 0 spiro atoms. The molecule has 0 unspecified atom stereocenters. The van der Waals surface area contributed by atoms with Crippen LogP contribution < -0.4 is 0 Å². The Bertz CT molecular complexity index is 508. The summed E-state index contributed by atoms with van der Waals surface area (Å²) in [7, 11) is 0. The first-order valence-corrected chi connectivity index (χ1v) is 4.82. The van der Waals surface area contributed by atoms with Gasteiger partial charge >= 0.3 is 5.97 Å². The monoisotopic (exact) mass is 240 g/mol. The summed E-state index contributed by atoms with van der Waals surface area (Å²) in [6, 6.07) is 5.79. The van der Waals surface area contributed by atoms with Crippen molar-refractivity contribution in [3.05, 3.63) is 29.6 Å². The fourth-order valence-corrected chi connectivity index (χ4v) is 1.59. The SMILES string of the molecule is Cc1nc2ccc(CCC(=O)O)cc2[nH]1.Cl. The van der Waals surface area contributed by atoms with Crippen molar-refractivity contribution in [1.29, 1.82) is 0 Å². The standard InChI is InChI=1S/C11H12N2O2.ClH/c1-7-12-9-4-2-8(3-5-11(14)15)6-10(9)13-7;/h2,4,6H,3,5H2,1H3,(H,12,13)(H,14,15);1H. The maximum Gasteiger partial charge on any atom is 0.303 e. The predicted molar refractivity (Wildman–Crippen MR) is 64.0 cm³/mol. The second-order valence-corrected chi connectivity index (χ2v) is 3.57. The molecule has 2 rings (SSSR count). The first-order valence-electron chi connectivity index (χ1n) is 4.82. The zero-order valence-corrected chi connectivity index (χ0v) is 9.67. The molecule has 4 nitrogen and oxygen atoms in total. The maximum atomic E-state index is 10.4. The molecule has 0 aliphatic carbocycles. The number of carbonyl (C=O) groups is 1. The van der Waals surface area contributed by atoms with Gasteiger partial charge in [-0.05, 0) is 31.0 Å². The van der Waals surface area contributed by atoms with E-state index in [1.165, 1.54) is 0 Å². The highest BCUT2D eigenvalue weighted by molar-refractivity contribution is 5.85. The molecular formula is C11H13ClN2O2. The molecule has 0 fully saturated rings. The molecule has 86 valence electrons. The summed E-state index contributed by atoms with van der Waals surface area (Å²) >= 11 is 0. The van der Waals surface area contributed by atoms with E-state index in [9.17, 15) is 4.79 Å². The Balaban J connectivity index is 0.00000128. The van der Waals surface area contributed by atoms with Gasteiger partial charge in [-0.2, -0.15) is 0 Å². The largest absolute Gasteiger partial charge is 0.481 e. The number of carboxylic acids is 1. The molecule has 0 atom stereocenters. The van der Waals surface area contributed by atoms with Crippen molar-refractivity contribution in [2.75, 3.05) is 0 Å². The topological polar surface area (TPSA) is 66.0 Å². The number of aromatic nitrogens is 2. The number of nitrogens with one attached hydrogen (secondary N) is 1. The second-order valence-electron chi connectivity index (χ2n) is 3.57. The number of rotatable bonds is 3. The van der Waals surface area contributed by atoms with Crippen LogP contribution in [0.5, 0.6) is 0 Å². The number of carboxylic acid groups (broad SMARTS) is 1. The minimum absolute atomic E-state index is 0. The van der Waals surface area contributed by atoms with Crippen LogP contribution in [0.2, 0.25) is 0 Å². The van der Waals surface area contributed by atoms with Gasteiger partial charge in [0.2, 0.25) is 0 Å². The lowest BCUT2D eigenvalue weighted by Crippen LogP contribution is -1.97. The van der Waals surface area contributed by atoms with Gasteiger partial charge in [-0.15, -0.1) is 12.4 Å². The Morgan fingerprint density at radius 2 is 2.25 bits per heavy atom. The fourth-order valence-electron chi connectivity index (χ4n) is 1.59. The molecule has 0 bridgehead atoms. The number of aromatic amines is 1. The normalized spacial score (nSPS) is 10.1. The molecule has 16 heavy (non-hydrogen) atoms. The number of benzene rings is 1. The Morgan fingerprint density at radius 3 is 2.94 bits per heavy atom. The molecule has 2 aromatic rings. The van der Waals surface area contributed by atoms with Gasteiger partial charge in [0, 0.05) is 6.42 Å². The number of hydrogen-bond acceptors (Lipinski definition) is 2. The van der Waals surface area contributed by atoms with E-state index in [0.29, 0.717) is 6.42 Å². The molecule has 2 N–H and O–H groups in total. The summed E-state index contributed by atoms with van der Waals surface area (Å²) in [5.74, 6) is 0.108. The first-order chi connectivity index (χ1) is 7.15. The molecular weight excluding hydrogens is 228 g/mol. The molecule has 0 saturated carbocycles. The van der Waals surface area contributed by atoms with Crippen LogP contribution in [-0.2, 0) is 11.2 Å². The van der Waals surface area contributed by atoms with Crippen molar-refractivity contribution < 1.29 is 9.90 Å². The summed E-state index contributed by atoms with van der Waals surface area (Å²) in [4.78, 5) is 17.8. The van der Waals surface area contributed by atoms with Crippen LogP contribution in [0.25, 0.3) is 11.0 Å². The zero-order chi connectivity index (χ0) is 10.8. The van der Waals surface area contributed by atoms with Crippen molar-refractivity contribution in [2.45, 2.75) is 19.8 Å². The van der Waals surface area contributed by atoms with Gasteiger partial charge in [0.15, 0.2) is 0 Å². The van der Waals surface area contributed by atoms with Crippen LogP contribution in [-0.4, -0.2) is 21.0 Å². The molecule has 1 aromatic carbocycles. The van der Waals surface area contributed by atoms with Crippen LogP contribution in [0.3, 0.4) is 0 Å². The van der Waals surface area contributed by atoms with Crippen LogP contribution in [0.1, 0.15) is 17.8 Å². The minimum atomic E-state index is -0.768. The minimum Gasteiger partial charge on any atom is -0.481 e. The molecule has 0 radical (unpaired) electrons. The van der Waals surface area contributed by atoms with Gasteiger partial charge in [-0.3, -0.25) is 4.79 Å². The third-order valence-corrected chi connectivity index (χ3v) is 2.29. The lowest BCUT2D eigenvalue weighted by Gasteiger charge is -1.97. The predicted octanol–water partition coefficient (Wildman–Crippen LogP) is 2.31. The number of hydrogen-bond donors (Lipinski definition) is 2. The fraction of sp³-hybridized carbons (Fsp3) is 0.273. The van der Waals surface area contributed by atoms with E-state index >= 15 is 0 Å². The average molecular weight is 241 g/mol. The quantitative estimate of drug-likeness (QED) is 0.865. The number of fused-ring (bicyclic) bond motifs is 1. The number of halogens is 1. The molecule has 5 heteroatoms. The van der Waals surface area contributed by atoms with E-state index in [1.807, 2.05) is 25.1 Å². The third kappa shape index (κ3) is 2.73. The van der Waals surface area contributed by atoms with Gasteiger partial charge in [0.05, 0.1) is 11.0 Å². The van der Waals surface area contributed by atoms with E-state index < -0.39 is 5.97 Å². The van der Waals surface area contributed by atoms with Crippen molar-refractivity contribution in [2.24, 2.45) is 0 Å². The summed E-state index contributed by atoms with van der Waals surface area (Å²) in [5.41, 5.74) is 2.91. The maximum absolute atomic E-state index is 10.4. The van der Waals surface area contributed by atoms with Crippen molar-refractivity contribution >= 4 is 29.4 Å². The van der Waals surface area contributed by atoms with Crippen molar-refractivity contribution in [3.63, 3.8) is 0 Å². The van der Waals surface area contributed by atoms with Crippen molar-refractivity contribution in [3.8, 4) is 0 Å². The highest BCUT2D eigenvalue weighted by atomic mass is 35.5. The van der Waals surface area contributed by atoms with Crippen LogP contribution in [0.4, 0.5) is 0 Å². The summed E-state index contributed by atoms with van der Waals surface area (Å²) in [5, 5.41) is 8.57. The van der Waals surface area contributed by atoms with Gasteiger partial charge in [-0.1, -0.05) is 6.07 Å². The van der Waals surface area contributed by atoms with E-state index in [0.717, 1.165) is 22.4 Å². The second kappa shape index (κ2) is 4.99. The number of H-pyrrole nitrogens is 1. The molecule has 1 aromatic heterocycles. The number of imidazole rings is 1. The molecule has 1 heterocycles. The van der Waals surface area contributed by atoms with E-state index in [4.69, 9.17) is 5.11 Å². The van der Waals surface area contributed by atoms with Gasteiger partial charge in [-0.25, -0.2) is 4.98 Å². The Labute approximate surface area is 99.1 Å². The molecule has 0 aliphatic heterocycles. The lowest BCUT2D eigenvalue weighted by atomic mass is 10.1. The Morgan fingerprint density at radius 1 is 1.50 bits per heavy atom. The van der Waals surface area contributed by atoms with Crippen LogP contribution in [0, 0.1) is 6.92 Å². The number of aryl methyl sites for hydroxylation is 2. The lowest BCUT2D eigenvalue weighted by molar-refractivity contribution is -0.136. The smallest absolute Gasteiger partial charge is 0.303 e. The Hall–Kier alpha value is -1.55. The highest BCUT2D eigenvalue weighted by Gasteiger charge is 2.02. The highest BCUT2D eigenvalue weighted by Crippen LogP contribution is 2.14. The summed E-state index contributed by atoms with van der Waals surface area (Å²) in [6.45, 7) is 1.90. The average Bonchev–Trinajstić information content (AvgIpc) is 2.53. The van der Waals surface area contributed by atoms with Gasteiger partial charge < -0.3 is 10.1 Å². The first kappa shape index (κ1) is 12.5. The summed E-state index contributed by atoms with van der Waals surface area (Å²) < 4.78 is 0. The third-order valence-electron chi connectivity index (χ3n) is 2.29. The summed E-state index contributed by atoms with van der Waals surface area (Å²) in [6.07, 6.45) is 0.724. The van der Waals surface area contributed by atoms with Gasteiger partial charge in [0.25, 0.3) is 0 Å². The van der Waals surface area contributed by atoms with E-state index in [1.54, 1.807) is 0 Å². The van der Waals surface area contributed by atoms with Crippen molar-refractivity contribution in [1.82, 2.24) is 9.97 Å². The number of aliphatic carboxylic acids is 1.